The van der Waals surface area contributed by atoms with Crippen molar-refractivity contribution in [1.82, 2.24) is 0 Å². The number of halogens is 1. The summed E-state index contributed by atoms with van der Waals surface area (Å²) in [5, 5.41) is 2.66. The Morgan fingerprint density at radius 2 is 1.87 bits per heavy atom. The van der Waals surface area contributed by atoms with Crippen LogP contribution < -0.4 is 4.90 Å². The summed E-state index contributed by atoms with van der Waals surface area (Å²) < 4.78 is 5.83. The van der Waals surface area contributed by atoms with Gasteiger partial charge < -0.3 is 9.64 Å². The van der Waals surface area contributed by atoms with Crippen LogP contribution in [0, 0.1) is 0 Å². The van der Waals surface area contributed by atoms with Crippen molar-refractivity contribution in [2.45, 2.75) is 45.1 Å². The Morgan fingerprint density at radius 3 is 2.71 bits per heavy atom. The number of hydrogen-bond donors (Lipinski definition) is 0. The molecule has 4 rings (SSSR count). The number of ether oxygens (including phenoxy) is 1. The molecule has 3 aromatic rings. The van der Waals surface area contributed by atoms with E-state index in [1.54, 1.807) is 0 Å². The van der Waals surface area contributed by atoms with Crippen LogP contribution in [0.5, 0.6) is 0 Å². The zero-order valence-electron chi connectivity index (χ0n) is 18.4. The van der Waals surface area contributed by atoms with E-state index >= 15 is 0 Å². The zero-order chi connectivity index (χ0) is 20.9. The number of anilines is 1. The molecule has 0 aromatic heterocycles. The molecule has 0 radical (unpaired) electrons. The molecule has 2 atom stereocenters. The predicted molar refractivity (Wildman–Crippen MR) is 132 cm³/mol. The van der Waals surface area contributed by atoms with E-state index in [0.717, 1.165) is 43.9 Å². The third-order valence-corrected chi connectivity index (χ3v) is 6.34. The second kappa shape index (κ2) is 10.8. The van der Waals surface area contributed by atoms with Gasteiger partial charge in [-0.25, -0.2) is 0 Å². The quantitative estimate of drug-likeness (QED) is 0.388. The van der Waals surface area contributed by atoms with Gasteiger partial charge in [-0.05, 0) is 47.2 Å². The summed E-state index contributed by atoms with van der Waals surface area (Å²) in [6.45, 7) is 6.60. The number of nitrogens with zero attached hydrogens (tertiary/aromatic N) is 1. The Labute approximate surface area is 191 Å². The molecule has 4 heteroatoms. The second-order valence-electron chi connectivity index (χ2n) is 8.30. The number of rotatable bonds is 7. The average molecular weight is 438 g/mol. The lowest BCUT2D eigenvalue weighted by atomic mass is 9.90. The fraction of sp³-hybridized carbons (Fsp3) is 0.370. The van der Waals surface area contributed by atoms with Crippen LogP contribution in [0.3, 0.4) is 0 Å². The number of Topliss-reactive ketones (excluding diaryl/α,β-unsaturated/α-hetero) is 1. The van der Waals surface area contributed by atoms with Crippen LogP contribution in [-0.4, -0.2) is 31.6 Å². The van der Waals surface area contributed by atoms with Crippen LogP contribution in [0.15, 0.2) is 66.7 Å². The Balaban J connectivity index is 0.00000272. The molecule has 0 bridgehead atoms. The van der Waals surface area contributed by atoms with Crippen molar-refractivity contribution in [3.63, 3.8) is 0 Å². The number of carbonyl (C=O) groups excluding carboxylic acids is 1. The van der Waals surface area contributed by atoms with Gasteiger partial charge in [0.2, 0.25) is 0 Å². The molecule has 3 aromatic carbocycles. The van der Waals surface area contributed by atoms with Gasteiger partial charge in [0.05, 0.1) is 19.3 Å². The van der Waals surface area contributed by atoms with Gasteiger partial charge in [0, 0.05) is 24.2 Å². The minimum atomic E-state index is 0. The molecule has 164 valence electrons. The van der Waals surface area contributed by atoms with Gasteiger partial charge in [0.15, 0.2) is 5.78 Å². The van der Waals surface area contributed by atoms with Crippen molar-refractivity contribution in [2.24, 2.45) is 0 Å². The first kappa shape index (κ1) is 23.3. The lowest BCUT2D eigenvalue weighted by Gasteiger charge is -2.38. The molecule has 1 aliphatic rings. The number of fused-ring (bicyclic) bond motifs is 1. The van der Waals surface area contributed by atoms with Crippen LogP contribution in [-0.2, 0) is 4.74 Å². The van der Waals surface area contributed by atoms with Crippen molar-refractivity contribution in [1.29, 1.82) is 0 Å². The van der Waals surface area contributed by atoms with Crippen LogP contribution >= 0.6 is 12.4 Å². The summed E-state index contributed by atoms with van der Waals surface area (Å²) in [7, 11) is 0. The molecule has 1 unspecified atom stereocenters. The SMILES string of the molecule is CCC(=O)c1cccc(N2CCOCC2CC[C@H](C)c2cccc3ccccc23)c1.Cl. The fourth-order valence-electron chi connectivity index (χ4n) is 4.57. The fourth-order valence-corrected chi connectivity index (χ4v) is 4.57. The number of morpholine rings is 1. The molecule has 0 aliphatic carbocycles. The van der Waals surface area contributed by atoms with Gasteiger partial charge >= 0.3 is 0 Å². The Bertz CT molecular complexity index is 1010. The van der Waals surface area contributed by atoms with Gasteiger partial charge in [-0.3, -0.25) is 4.79 Å². The Morgan fingerprint density at radius 1 is 1.10 bits per heavy atom. The van der Waals surface area contributed by atoms with Crippen molar-refractivity contribution in [3.8, 4) is 0 Å². The first-order chi connectivity index (χ1) is 14.7. The van der Waals surface area contributed by atoms with E-state index in [4.69, 9.17) is 4.74 Å². The highest BCUT2D eigenvalue weighted by Crippen LogP contribution is 2.31. The molecule has 0 spiro atoms. The van der Waals surface area contributed by atoms with Gasteiger partial charge in [0.25, 0.3) is 0 Å². The van der Waals surface area contributed by atoms with E-state index in [1.807, 2.05) is 19.1 Å². The molecule has 3 nitrogen and oxygen atoms in total. The number of ketones is 1. The first-order valence-electron chi connectivity index (χ1n) is 11.1. The second-order valence-corrected chi connectivity index (χ2v) is 8.30. The van der Waals surface area contributed by atoms with Crippen molar-refractivity contribution in [2.75, 3.05) is 24.7 Å². The summed E-state index contributed by atoms with van der Waals surface area (Å²) in [5.74, 6) is 0.680. The predicted octanol–water partition coefficient (Wildman–Crippen LogP) is 6.64. The van der Waals surface area contributed by atoms with Gasteiger partial charge in [-0.2, -0.15) is 0 Å². The first-order valence-corrected chi connectivity index (χ1v) is 11.1. The van der Waals surface area contributed by atoms with E-state index < -0.39 is 0 Å². The maximum atomic E-state index is 12.2. The van der Waals surface area contributed by atoms with E-state index in [2.05, 4.69) is 66.4 Å². The van der Waals surface area contributed by atoms with E-state index in [0.29, 0.717) is 18.4 Å². The van der Waals surface area contributed by atoms with Crippen molar-refractivity contribution in [3.05, 3.63) is 77.9 Å². The molecular formula is C27H32ClNO2. The van der Waals surface area contributed by atoms with E-state index in [-0.39, 0.29) is 18.2 Å². The molecular weight excluding hydrogens is 406 g/mol. The Kier molecular flexibility index (Phi) is 8.11. The highest BCUT2D eigenvalue weighted by atomic mass is 35.5. The normalized spacial score (nSPS) is 17.2. The molecule has 0 N–H and O–H groups in total. The third kappa shape index (κ3) is 5.28. The summed E-state index contributed by atoms with van der Waals surface area (Å²) in [5.41, 5.74) is 3.37. The largest absolute Gasteiger partial charge is 0.377 e. The van der Waals surface area contributed by atoms with Gasteiger partial charge in [0.1, 0.15) is 0 Å². The monoisotopic (exact) mass is 437 g/mol. The maximum Gasteiger partial charge on any atom is 0.162 e. The smallest absolute Gasteiger partial charge is 0.162 e. The van der Waals surface area contributed by atoms with E-state index in [9.17, 15) is 4.79 Å². The van der Waals surface area contributed by atoms with Crippen molar-refractivity contribution < 1.29 is 9.53 Å². The topological polar surface area (TPSA) is 29.5 Å². The van der Waals surface area contributed by atoms with Crippen LogP contribution in [0.4, 0.5) is 5.69 Å². The third-order valence-electron chi connectivity index (χ3n) is 6.34. The summed E-state index contributed by atoms with van der Waals surface area (Å²) >= 11 is 0. The lowest BCUT2D eigenvalue weighted by Crippen LogP contribution is -2.45. The highest BCUT2D eigenvalue weighted by Gasteiger charge is 2.24. The highest BCUT2D eigenvalue weighted by molar-refractivity contribution is 5.96. The van der Waals surface area contributed by atoms with Gasteiger partial charge in [-0.15, -0.1) is 12.4 Å². The molecule has 1 aliphatic heterocycles. The molecule has 1 saturated heterocycles. The maximum absolute atomic E-state index is 12.2. The molecule has 0 saturated carbocycles. The van der Waals surface area contributed by atoms with E-state index in [1.165, 1.54) is 16.3 Å². The zero-order valence-corrected chi connectivity index (χ0v) is 19.2. The minimum Gasteiger partial charge on any atom is -0.377 e. The molecule has 1 fully saturated rings. The van der Waals surface area contributed by atoms with Gasteiger partial charge in [-0.1, -0.05) is 68.4 Å². The molecule has 0 amide bonds. The standard InChI is InChI=1S/C27H31NO2.ClH/c1-3-27(29)22-10-6-11-23(18-22)28-16-17-30-19-24(28)15-14-20(2)25-13-7-9-21-8-4-5-12-26(21)25;/h4-13,18,20,24H,3,14-17,19H2,1-2H3;1H/t20-,24?;/m0./s1. The van der Waals surface area contributed by atoms with Crippen LogP contribution in [0.1, 0.15) is 54.9 Å². The molecule has 1 heterocycles. The summed E-state index contributed by atoms with van der Waals surface area (Å²) in [4.78, 5) is 14.6. The van der Waals surface area contributed by atoms with Crippen LogP contribution in [0.25, 0.3) is 10.8 Å². The average Bonchev–Trinajstić information content (AvgIpc) is 2.82. The summed E-state index contributed by atoms with van der Waals surface area (Å²) in [6, 6.07) is 23.7. The van der Waals surface area contributed by atoms with Crippen LogP contribution in [0.2, 0.25) is 0 Å². The van der Waals surface area contributed by atoms with Crippen molar-refractivity contribution >= 4 is 34.7 Å². The number of carbonyl (C=O) groups is 1. The lowest BCUT2D eigenvalue weighted by molar-refractivity contribution is 0.0904. The summed E-state index contributed by atoms with van der Waals surface area (Å²) in [6.07, 6.45) is 2.71. The minimum absolute atomic E-state index is 0. The molecule has 31 heavy (non-hydrogen) atoms. The number of benzene rings is 3. The number of hydrogen-bond acceptors (Lipinski definition) is 3. The Hall–Kier alpha value is -2.36.